The van der Waals surface area contributed by atoms with Gasteiger partial charge in [0.25, 0.3) is 0 Å². The van der Waals surface area contributed by atoms with Crippen LogP contribution in [-0.4, -0.2) is 58.1 Å². The van der Waals surface area contributed by atoms with Crippen LogP contribution in [0.25, 0.3) is 16.7 Å². The predicted molar refractivity (Wildman–Crippen MR) is 148 cm³/mol. The van der Waals surface area contributed by atoms with Gasteiger partial charge in [-0.05, 0) is 49.0 Å². The Hall–Kier alpha value is -4.57. The summed E-state index contributed by atoms with van der Waals surface area (Å²) in [4.78, 5) is 37.6. The van der Waals surface area contributed by atoms with Crippen molar-refractivity contribution in [1.82, 2.24) is 19.4 Å². The molecule has 1 aliphatic heterocycles. The van der Waals surface area contributed by atoms with E-state index in [0.29, 0.717) is 22.4 Å². The molecule has 0 radical (unpaired) electrons. The third kappa shape index (κ3) is 5.25. The number of likely N-dealkylation sites (N-methyl/N-ethyl adjacent to an activating group) is 1. The van der Waals surface area contributed by atoms with Gasteiger partial charge in [-0.15, -0.1) is 0 Å². The van der Waals surface area contributed by atoms with Crippen LogP contribution in [0.15, 0.2) is 78.4 Å². The van der Waals surface area contributed by atoms with E-state index in [9.17, 15) is 9.59 Å². The molecule has 0 unspecified atom stereocenters. The highest BCUT2D eigenvalue weighted by Gasteiger charge is 2.17. The summed E-state index contributed by atoms with van der Waals surface area (Å²) in [5.74, 6) is -0.603. The molecule has 9 nitrogen and oxygen atoms in total. The van der Waals surface area contributed by atoms with Gasteiger partial charge in [0.05, 0.1) is 11.1 Å². The lowest BCUT2D eigenvalue weighted by Gasteiger charge is -2.35. The van der Waals surface area contributed by atoms with Crippen LogP contribution in [0.2, 0.25) is 0 Å². The molecule has 3 heterocycles. The van der Waals surface area contributed by atoms with Crippen molar-refractivity contribution in [3.63, 3.8) is 0 Å². The van der Waals surface area contributed by atoms with Gasteiger partial charge in [0.1, 0.15) is 5.82 Å². The zero-order valence-corrected chi connectivity index (χ0v) is 21.0. The lowest BCUT2D eigenvalue weighted by atomic mass is 10.2. The Balaban J connectivity index is 1.43. The van der Waals surface area contributed by atoms with Crippen LogP contribution in [0.3, 0.4) is 0 Å². The van der Waals surface area contributed by atoms with E-state index in [4.69, 9.17) is 0 Å². The maximum atomic E-state index is 15.1. The Bertz CT molecular complexity index is 1560. The molecule has 1 aliphatic rings. The molecule has 2 N–H and O–H groups in total. The number of carbonyl (C=O) groups excluding carboxylic acids is 1. The van der Waals surface area contributed by atoms with Crippen LogP contribution < -0.4 is 21.0 Å². The van der Waals surface area contributed by atoms with Crippen LogP contribution in [0.4, 0.5) is 27.4 Å². The summed E-state index contributed by atoms with van der Waals surface area (Å²) in [6.07, 6.45) is 4.21. The second-order valence-corrected chi connectivity index (χ2v) is 8.94. The van der Waals surface area contributed by atoms with Crippen LogP contribution in [-0.2, 0) is 4.79 Å². The highest BCUT2D eigenvalue weighted by molar-refractivity contribution is 5.99. The molecular weight excluding hydrogens is 485 g/mol. The van der Waals surface area contributed by atoms with E-state index in [2.05, 4.69) is 43.9 Å². The van der Waals surface area contributed by atoms with Gasteiger partial charge in [0, 0.05) is 61.7 Å². The Labute approximate surface area is 219 Å². The Morgan fingerprint density at radius 1 is 1.11 bits per heavy atom. The highest BCUT2D eigenvalue weighted by Crippen LogP contribution is 2.26. The van der Waals surface area contributed by atoms with E-state index >= 15 is 4.39 Å². The third-order valence-corrected chi connectivity index (χ3v) is 6.60. The number of aromatic nitrogens is 3. The topological polar surface area (TPSA) is 95.4 Å². The number of pyridine rings is 1. The fourth-order valence-corrected chi connectivity index (χ4v) is 4.47. The van der Waals surface area contributed by atoms with Gasteiger partial charge in [-0.2, -0.15) is 4.98 Å². The van der Waals surface area contributed by atoms with Gasteiger partial charge >= 0.3 is 0 Å². The van der Waals surface area contributed by atoms with E-state index in [1.807, 2.05) is 12.1 Å². The second-order valence-electron chi connectivity index (χ2n) is 8.94. The number of hydrogen-bond acceptors (Lipinski definition) is 7. The molecule has 0 atom stereocenters. The minimum absolute atomic E-state index is 0.149. The molecule has 38 heavy (non-hydrogen) atoms. The van der Waals surface area contributed by atoms with Crippen molar-refractivity contribution >= 4 is 40.0 Å². The lowest BCUT2D eigenvalue weighted by molar-refractivity contribution is -0.111. The largest absolute Gasteiger partial charge is 0.369 e. The molecule has 5 rings (SSSR count). The molecule has 0 spiro atoms. The van der Waals surface area contributed by atoms with Gasteiger partial charge in [0.2, 0.25) is 11.9 Å². The van der Waals surface area contributed by atoms with Gasteiger partial charge in [0.15, 0.2) is 11.1 Å². The summed E-state index contributed by atoms with van der Waals surface area (Å²) < 4.78 is 16.8. The van der Waals surface area contributed by atoms with Crippen LogP contribution >= 0.6 is 0 Å². The minimum Gasteiger partial charge on any atom is -0.369 e. The molecule has 2 aromatic heterocycles. The molecule has 2 aromatic carbocycles. The summed E-state index contributed by atoms with van der Waals surface area (Å²) >= 11 is 0. The van der Waals surface area contributed by atoms with Crippen molar-refractivity contribution in [1.29, 1.82) is 0 Å². The fourth-order valence-electron chi connectivity index (χ4n) is 4.47. The predicted octanol–water partition coefficient (Wildman–Crippen LogP) is 3.93. The summed E-state index contributed by atoms with van der Waals surface area (Å²) in [6, 6.07) is 13.6. The Kier molecular flexibility index (Phi) is 7.14. The molecular formula is C28H28FN7O2. The number of benzene rings is 2. The smallest absolute Gasteiger partial charge is 0.247 e. The van der Waals surface area contributed by atoms with Gasteiger partial charge in [-0.25, -0.2) is 9.37 Å². The van der Waals surface area contributed by atoms with Crippen molar-refractivity contribution in [3.8, 4) is 5.69 Å². The van der Waals surface area contributed by atoms with Gasteiger partial charge in [-0.3, -0.25) is 9.59 Å². The van der Waals surface area contributed by atoms with E-state index in [-0.39, 0.29) is 23.0 Å². The van der Waals surface area contributed by atoms with Crippen molar-refractivity contribution < 1.29 is 9.18 Å². The molecule has 1 saturated heterocycles. The summed E-state index contributed by atoms with van der Waals surface area (Å²) in [5.41, 5.74) is 2.40. The fraction of sp³-hybridized carbons (Fsp3) is 0.214. The van der Waals surface area contributed by atoms with Crippen molar-refractivity contribution in [3.05, 3.63) is 89.6 Å². The summed E-state index contributed by atoms with van der Waals surface area (Å²) in [5, 5.41) is 5.97. The number of nitrogens with zero attached hydrogens (tertiary/aromatic N) is 5. The first-order valence-electron chi connectivity index (χ1n) is 12.4. The number of amides is 1. The molecule has 4 aromatic rings. The Morgan fingerprint density at radius 3 is 2.66 bits per heavy atom. The van der Waals surface area contributed by atoms with E-state index in [0.717, 1.165) is 38.4 Å². The Morgan fingerprint density at radius 2 is 1.92 bits per heavy atom. The van der Waals surface area contributed by atoms with Crippen molar-refractivity contribution in [2.45, 2.75) is 6.92 Å². The number of nitrogens with one attached hydrogen (secondary N) is 2. The standard InChI is InChI=1S/C28H28FN7O2/c1-3-26(38)31-19-6-5-7-21(16-19)36-11-10-25(37)22-18-30-28(33-27(22)36)32-24-9-8-20(17-23(24)29)35-14-12-34(4-2)13-15-35/h3,5-11,16-18H,1,4,12-15H2,2H3,(H,31,38)(H,30,32,33). The number of anilines is 4. The number of fused-ring (bicyclic) bond motifs is 1. The first-order valence-corrected chi connectivity index (χ1v) is 12.4. The number of piperazine rings is 1. The van der Waals surface area contributed by atoms with Gasteiger partial charge in [-0.1, -0.05) is 19.6 Å². The number of carbonyl (C=O) groups is 1. The average Bonchev–Trinajstić information content (AvgIpc) is 2.94. The maximum Gasteiger partial charge on any atom is 0.247 e. The summed E-state index contributed by atoms with van der Waals surface area (Å²) in [6.45, 7) is 10.2. The SMILES string of the molecule is C=CC(=O)Nc1cccc(-n2ccc(=O)c3cnc(Nc4ccc(N5CCN(CC)CC5)cc4F)nc32)c1. The number of halogens is 1. The molecule has 0 saturated carbocycles. The van der Waals surface area contributed by atoms with Crippen LogP contribution in [0, 0.1) is 5.82 Å². The van der Waals surface area contributed by atoms with Crippen molar-refractivity contribution in [2.24, 2.45) is 0 Å². The summed E-state index contributed by atoms with van der Waals surface area (Å²) in [7, 11) is 0. The molecule has 1 amide bonds. The van der Waals surface area contributed by atoms with Crippen LogP contribution in [0.5, 0.6) is 0 Å². The lowest BCUT2D eigenvalue weighted by Crippen LogP contribution is -2.46. The normalized spacial score (nSPS) is 13.9. The maximum absolute atomic E-state index is 15.1. The van der Waals surface area contributed by atoms with E-state index in [1.54, 1.807) is 35.0 Å². The quantitative estimate of drug-likeness (QED) is 0.362. The first kappa shape index (κ1) is 25.1. The molecule has 1 fully saturated rings. The number of rotatable bonds is 7. The third-order valence-electron chi connectivity index (χ3n) is 6.60. The monoisotopic (exact) mass is 513 g/mol. The minimum atomic E-state index is -0.416. The van der Waals surface area contributed by atoms with Crippen molar-refractivity contribution in [2.75, 3.05) is 48.3 Å². The molecule has 0 aliphatic carbocycles. The number of hydrogen-bond donors (Lipinski definition) is 2. The molecule has 0 bridgehead atoms. The zero-order chi connectivity index (χ0) is 26.6. The van der Waals surface area contributed by atoms with Crippen LogP contribution in [0.1, 0.15) is 6.92 Å². The average molecular weight is 514 g/mol. The first-order chi connectivity index (χ1) is 18.4. The molecule has 10 heteroatoms. The van der Waals surface area contributed by atoms with E-state index in [1.165, 1.54) is 24.4 Å². The zero-order valence-electron chi connectivity index (χ0n) is 21.0. The van der Waals surface area contributed by atoms with Gasteiger partial charge < -0.3 is 25.0 Å². The van der Waals surface area contributed by atoms with E-state index < -0.39 is 5.82 Å². The molecule has 194 valence electrons. The second kappa shape index (κ2) is 10.8. The highest BCUT2D eigenvalue weighted by atomic mass is 19.1.